The summed E-state index contributed by atoms with van der Waals surface area (Å²) in [5, 5.41) is 7.82. The minimum atomic E-state index is -0.0660. The lowest BCUT2D eigenvalue weighted by atomic mass is 9.77. The minimum absolute atomic E-state index is 0.0392. The maximum atomic E-state index is 12.3. The first-order valence-electron chi connectivity index (χ1n) is 9.13. The molecule has 2 aromatic rings. The average Bonchev–Trinajstić information content (AvgIpc) is 3.05. The van der Waals surface area contributed by atoms with Crippen molar-refractivity contribution in [2.45, 2.75) is 32.2 Å². The summed E-state index contributed by atoms with van der Waals surface area (Å²) in [5.41, 5.74) is 4.41. The highest BCUT2D eigenvalue weighted by atomic mass is 35.5. The molecule has 1 aliphatic heterocycles. The predicted molar refractivity (Wildman–Crippen MR) is 111 cm³/mol. The third kappa shape index (κ3) is 3.67. The maximum absolute atomic E-state index is 12.3. The lowest BCUT2D eigenvalue weighted by molar-refractivity contribution is -0.131. The molecule has 0 aromatic heterocycles. The summed E-state index contributed by atoms with van der Waals surface area (Å²) in [7, 11) is 0. The fourth-order valence-electron chi connectivity index (χ4n) is 4.02. The van der Waals surface area contributed by atoms with Crippen molar-refractivity contribution >= 4 is 40.9 Å². The van der Waals surface area contributed by atoms with E-state index in [9.17, 15) is 4.79 Å². The number of nitrogens with zero attached hydrogens (tertiary/aromatic N) is 2. The van der Waals surface area contributed by atoms with Crippen molar-refractivity contribution in [1.82, 2.24) is 5.01 Å². The summed E-state index contributed by atoms with van der Waals surface area (Å²) >= 11 is 12.0. The first kappa shape index (κ1) is 18.3. The molecule has 0 bridgehead atoms. The zero-order valence-corrected chi connectivity index (χ0v) is 16.5. The first-order valence-corrected chi connectivity index (χ1v) is 9.89. The number of fused-ring (bicyclic) bond motifs is 1. The first-order chi connectivity index (χ1) is 13.0. The molecule has 1 fully saturated rings. The zero-order valence-electron chi connectivity index (χ0n) is 15.0. The summed E-state index contributed by atoms with van der Waals surface area (Å²) in [5.74, 6) is 0.171. The number of carbonyl (C=O) groups excluding carboxylic acids is 1. The van der Waals surface area contributed by atoms with Crippen molar-refractivity contribution in [1.29, 1.82) is 0 Å². The van der Waals surface area contributed by atoms with Crippen LogP contribution in [0.5, 0.6) is 0 Å². The van der Waals surface area contributed by atoms with Crippen molar-refractivity contribution in [3.63, 3.8) is 0 Å². The molecular formula is C22H20Cl2N2O. The number of amides is 1. The van der Waals surface area contributed by atoms with Gasteiger partial charge in [0, 0.05) is 22.9 Å². The molecule has 2 aromatic carbocycles. The number of allylic oxidation sites excluding steroid dienone is 1. The number of rotatable bonds is 2. The fourth-order valence-corrected chi connectivity index (χ4v) is 4.27. The number of hydrogen-bond acceptors (Lipinski definition) is 2. The van der Waals surface area contributed by atoms with Gasteiger partial charge in [-0.2, -0.15) is 5.10 Å². The highest BCUT2D eigenvalue weighted by Gasteiger charge is 2.42. The van der Waals surface area contributed by atoms with Gasteiger partial charge in [-0.25, -0.2) is 5.01 Å². The normalized spacial score (nSPS) is 23.3. The van der Waals surface area contributed by atoms with Crippen molar-refractivity contribution in [3.05, 3.63) is 75.3 Å². The van der Waals surface area contributed by atoms with E-state index in [2.05, 4.69) is 6.08 Å². The van der Waals surface area contributed by atoms with Gasteiger partial charge in [0.05, 0.1) is 11.8 Å². The Hall–Kier alpha value is -2.10. The quantitative estimate of drug-likeness (QED) is 0.597. The highest BCUT2D eigenvalue weighted by Crippen LogP contribution is 2.44. The van der Waals surface area contributed by atoms with Crippen LogP contribution in [-0.2, 0) is 4.79 Å². The van der Waals surface area contributed by atoms with Crippen molar-refractivity contribution in [3.8, 4) is 0 Å². The second kappa shape index (κ2) is 7.49. The van der Waals surface area contributed by atoms with Crippen LogP contribution in [0.3, 0.4) is 0 Å². The van der Waals surface area contributed by atoms with Crippen molar-refractivity contribution in [2.24, 2.45) is 11.0 Å². The Morgan fingerprint density at radius 1 is 1.07 bits per heavy atom. The SMILES string of the molecule is CC(=O)N1N=C2/C(=C\c3ccc(Cl)cc3)CCC[C@H]2[C@@H]1c1ccc(Cl)cc1. The molecule has 1 heterocycles. The second-order valence-electron chi connectivity index (χ2n) is 7.07. The van der Waals surface area contributed by atoms with Gasteiger partial charge in [-0.15, -0.1) is 0 Å². The lowest BCUT2D eigenvalue weighted by Crippen LogP contribution is -2.30. The molecule has 1 saturated carbocycles. The zero-order chi connectivity index (χ0) is 19.0. The van der Waals surface area contributed by atoms with E-state index in [1.54, 1.807) is 11.9 Å². The van der Waals surface area contributed by atoms with Crippen LogP contribution in [-0.4, -0.2) is 16.6 Å². The van der Waals surface area contributed by atoms with E-state index in [0.717, 1.165) is 41.1 Å². The molecule has 1 aliphatic carbocycles. The van der Waals surface area contributed by atoms with E-state index >= 15 is 0 Å². The number of carbonyl (C=O) groups is 1. The Balaban J connectivity index is 1.72. The molecule has 2 aliphatic rings. The summed E-state index contributed by atoms with van der Waals surface area (Å²) in [4.78, 5) is 12.3. The van der Waals surface area contributed by atoms with Crippen molar-refractivity contribution < 1.29 is 4.79 Å². The highest BCUT2D eigenvalue weighted by molar-refractivity contribution is 6.30. The Bertz CT molecular complexity index is 916. The predicted octanol–water partition coefficient (Wildman–Crippen LogP) is 6.14. The van der Waals surface area contributed by atoms with Crippen LogP contribution in [0.15, 0.2) is 59.2 Å². The van der Waals surface area contributed by atoms with E-state index in [1.807, 2.05) is 48.5 Å². The van der Waals surface area contributed by atoms with Gasteiger partial charge in [0.15, 0.2) is 0 Å². The Morgan fingerprint density at radius 3 is 2.33 bits per heavy atom. The molecular weight excluding hydrogens is 379 g/mol. The molecule has 138 valence electrons. The van der Waals surface area contributed by atoms with E-state index in [1.165, 1.54) is 5.57 Å². The minimum Gasteiger partial charge on any atom is -0.273 e. The summed E-state index contributed by atoms with van der Waals surface area (Å²) in [6.45, 7) is 1.58. The molecule has 0 saturated heterocycles. The maximum Gasteiger partial charge on any atom is 0.240 e. The summed E-state index contributed by atoms with van der Waals surface area (Å²) in [6.07, 6.45) is 5.24. The molecule has 0 N–H and O–H groups in total. The molecule has 0 unspecified atom stereocenters. The Kier molecular flexibility index (Phi) is 5.07. The van der Waals surface area contributed by atoms with E-state index < -0.39 is 0 Å². The van der Waals surface area contributed by atoms with Gasteiger partial charge in [0.25, 0.3) is 0 Å². The number of benzene rings is 2. The molecule has 2 atom stereocenters. The fraction of sp³-hybridized carbons (Fsp3) is 0.273. The van der Waals surface area contributed by atoms with Crippen LogP contribution in [0.25, 0.3) is 6.08 Å². The van der Waals surface area contributed by atoms with Crippen molar-refractivity contribution in [2.75, 3.05) is 0 Å². The topological polar surface area (TPSA) is 32.7 Å². The van der Waals surface area contributed by atoms with Gasteiger partial charge < -0.3 is 0 Å². The van der Waals surface area contributed by atoms with Gasteiger partial charge in [0.1, 0.15) is 0 Å². The average molecular weight is 399 g/mol. The Labute approximate surface area is 169 Å². The molecule has 0 radical (unpaired) electrons. The molecule has 5 heteroatoms. The van der Waals surface area contributed by atoms with Gasteiger partial charge in [-0.1, -0.05) is 47.5 Å². The monoisotopic (exact) mass is 398 g/mol. The Morgan fingerprint density at radius 2 is 1.70 bits per heavy atom. The van der Waals surface area contributed by atoms with Crippen LogP contribution in [0.1, 0.15) is 43.4 Å². The van der Waals surface area contributed by atoms with Crippen LogP contribution in [0, 0.1) is 5.92 Å². The van der Waals surface area contributed by atoms with Crippen LogP contribution in [0.4, 0.5) is 0 Å². The number of hydrazone groups is 1. The van der Waals surface area contributed by atoms with Gasteiger partial charge in [0.2, 0.25) is 5.91 Å². The standard InChI is InChI=1S/C22H20Cl2N2O/c1-14(27)26-22(16-7-11-19(24)12-8-16)20-4-2-3-17(21(20)25-26)13-15-5-9-18(23)10-6-15/h5-13,20,22H,2-4H2,1H3/b17-13-/t20-,22+/m1/s1. The second-order valence-corrected chi connectivity index (χ2v) is 7.94. The molecule has 4 rings (SSSR count). The molecule has 0 spiro atoms. The lowest BCUT2D eigenvalue weighted by Gasteiger charge is -2.29. The van der Waals surface area contributed by atoms with Crippen LogP contribution in [0.2, 0.25) is 10.0 Å². The number of hydrogen-bond donors (Lipinski definition) is 0. The summed E-state index contributed by atoms with van der Waals surface area (Å²) < 4.78 is 0. The molecule has 1 amide bonds. The third-order valence-electron chi connectivity index (χ3n) is 5.25. The van der Waals surface area contributed by atoms with Gasteiger partial charge in [-0.3, -0.25) is 4.79 Å². The largest absolute Gasteiger partial charge is 0.273 e. The summed E-state index contributed by atoms with van der Waals surface area (Å²) in [6, 6.07) is 15.5. The number of halogens is 2. The van der Waals surface area contributed by atoms with Gasteiger partial charge >= 0.3 is 0 Å². The van der Waals surface area contributed by atoms with Gasteiger partial charge in [-0.05, 0) is 66.3 Å². The third-order valence-corrected chi connectivity index (χ3v) is 5.75. The van der Waals surface area contributed by atoms with Crippen LogP contribution >= 0.6 is 23.2 Å². The van der Waals surface area contributed by atoms with E-state index in [4.69, 9.17) is 28.3 Å². The molecule has 27 heavy (non-hydrogen) atoms. The van der Waals surface area contributed by atoms with E-state index in [-0.39, 0.29) is 17.9 Å². The molecule has 3 nitrogen and oxygen atoms in total. The van der Waals surface area contributed by atoms with Crippen LogP contribution < -0.4 is 0 Å². The smallest absolute Gasteiger partial charge is 0.240 e. The van der Waals surface area contributed by atoms with E-state index in [0.29, 0.717) is 5.02 Å².